The van der Waals surface area contributed by atoms with Gasteiger partial charge in [0.2, 0.25) is 5.75 Å². The third-order valence-corrected chi connectivity index (χ3v) is 7.70. The number of thiazole rings is 1. The summed E-state index contributed by atoms with van der Waals surface area (Å²) in [5.41, 5.74) is 1.28. The van der Waals surface area contributed by atoms with Crippen molar-refractivity contribution in [2.24, 2.45) is 0 Å². The molecule has 0 unspecified atom stereocenters. The highest BCUT2D eigenvalue weighted by Crippen LogP contribution is 2.48. The van der Waals surface area contributed by atoms with E-state index in [9.17, 15) is 14.7 Å². The summed E-state index contributed by atoms with van der Waals surface area (Å²) in [4.78, 5) is 33.2. The first-order valence-corrected chi connectivity index (χ1v) is 13.4. The minimum absolute atomic E-state index is 0.115. The summed E-state index contributed by atoms with van der Waals surface area (Å²) in [7, 11) is 4.41. The lowest BCUT2D eigenvalue weighted by atomic mass is 9.95. The zero-order chi connectivity index (χ0) is 28.6. The van der Waals surface area contributed by atoms with Crippen LogP contribution in [0.15, 0.2) is 60.2 Å². The molecule has 1 saturated heterocycles. The number of fused-ring (bicyclic) bond motifs is 1. The van der Waals surface area contributed by atoms with Gasteiger partial charge in [0.05, 0.1) is 49.8 Å². The molecular weight excluding hydrogens is 556 g/mol. The monoisotopic (exact) mass is 580 g/mol. The van der Waals surface area contributed by atoms with Gasteiger partial charge in [-0.3, -0.25) is 14.5 Å². The van der Waals surface area contributed by atoms with E-state index in [1.54, 1.807) is 48.5 Å². The fourth-order valence-electron chi connectivity index (χ4n) is 4.62. The van der Waals surface area contributed by atoms with Crippen LogP contribution in [0.25, 0.3) is 16.0 Å². The van der Waals surface area contributed by atoms with Crippen molar-refractivity contribution in [3.8, 4) is 23.0 Å². The van der Waals surface area contributed by atoms with Crippen LogP contribution in [0.1, 0.15) is 24.1 Å². The number of Topliss-reactive ketones (excluding diaryl/α,β-unsaturated/α-hetero) is 1. The summed E-state index contributed by atoms with van der Waals surface area (Å²) in [5.74, 6) is -0.406. The van der Waals surface area contributed by atoms with Crippen molar-refractivity contribution in [3.05, 3.63) is 76.3 Å². The number of aliphatic hydroxyl groups is 1. The van der Waals surface area contributed by atoms with Crippen molar-refractivity contribution < 1.29 is 33.6 Å². The molecule has 0 spiro atoms. The first-order chi connectivity index (χ1) is 19.3. The highest BCUT2D eigenvalue weighted by molar-refractivity contribution is 7.22. The Morgan fingerprint density at radius 1 is 1.00 bits per heavy atom. The van der Waals surface area contributed by atoms with Crippen molar-refractivity contribution in [1.82, 2.24) is 4.98 Å². The normalized spacial score (nSPS) is 16.4. The summed E-state index contributed by atoms with van der Waals surface area (Å²) >= 11 is 7.27. The Balaban J connectivity index is 1.75. The molecule has 3 aromatic carbocycles. The van der Waals surface area contributed by atoms with Crippen LogP contribution in [0.3, 0.4) is 0 Å². The third-order valence-electron chi connectivity index (χ3n) is 6.43. The molecule has 9 nitrogen and oxygen atoms in total. The topological polar surface area (TPSA) is 107 Å². The molecule has 1 atom stereocenters. The highest BCUT2D eigenvalue weighted by Gasteiger charge is 2.48. The Bertz CT molecular complexity index is 1620. The number of carbonyl (C=O) groups is 2. The van der Waals surface area contributed by atoms with Crippen molar-refractivity contribution in [2.45, 2.75) is 13.0 Å². The van der Waals surface area contributed by atoms with E-state index in [-0.39, 0.29) is 16.5 Å². The number of aliphatic hydroxyl groups excluding tert-OH is 1. The van der Waals surface area contributed by atoms with Crippen LogP contribution in [0.5, 0.6) is 23.0 Å². The Labute approximate surface area is 239 Å². The highest BCUT2D eigenvalue weighted by atomic mass is 35.5. The fraction of sp³-hybridized carbons (Fsp3) is 0.207. The van der Waals surface area contributed by atoms with E-state index in [2.05, 4.69) is 4.98 Å². The largest absolute Gasteiger partial charge is 0.507 e. The number of hydrogen-bond donors (Lipinski definition) is 1. The van der Waals surface area contributed by atoms with Crippen LogP contribution >= 0.6 is 22.9 Å². The summed E-state index contributed by atoms with van der Waals surface area (Å²) < 4.78 is 22.9. The number of carbonyl (C=O) groups excluding carboxylic acids is 2. The second-order valence-electron chi connectivity index (χ2n) is 8.69. The molecule has 1 aliphatic heterocycles. The van der Waals surface area contributed by atoms with Gasteiger partial charge in [-0.25, -0.2) is 4.98 Å². The summed E-state index contributed by atoms with van der Waals surface area (Å²) in [6.07, 6.45) is 0. The molecule has 1 N–H and O–H groups in total. The van der Waals surface area contributed by atoms with Gasteiger partial charge in [-0.05, 0) is 67.1 Å². The van der Waals surface area contributed by atoms with Crippen LogP contribution in [-0.2, 0) is 9.59 Å². The number of ketones is 1. The second-order valence-corrected chi connectivity index (χ2v) is 10.1. The van der Waals surface area contributed by atoms with Crippen molar-refractivity contribution >= 4 is 55.7 Å². The SMILES string of the molecule is CCOc1ccc2nc(N3C(=O)C(=O)/C(=C(/O)c4ccc(Cl)cc4)[C@@H]3c3cc(OC)c(OC)c(OC)c3)sc2c1. The Morgan fingerprint density at radius 2 is 1.68 bits per heavy atom. The fourth-order valence-corrected chi connectivity index (χ4v) is 5.77. The zero-order valence-corrected chi connectivity index (χ0v) is 23.6. The average molecular weight is 581 g/mol. The minimum atomic E-state index is -1.06. The van der Waals surface area contributed by atoms with E-state index in [0.29, 0.717) is 51.3 Å². The molecule has 5 rings (SSSR count). The standard InChI is InChI=1S/C29H25ClN2O7S/c1-5-39-18-10-11-19-22(14-18)40-29(31-19)32-24(16-12-20(36-2)27(38-4)21(13-16)37-3)23(26(34)28(32)35)25(33)15-6-8-17(30)9-7-15/h6-14,24,33H,5H2,1-4H3/b25-23+/t24-/m0/s1. The van der Waals surface area contributed by atoms with Crippen LogP contribution in [0.4, 0.5) is 5.13 Å². The third kappa shape index (κ3) is 4.69. The van der Waals surface area contributed by atoms with Gasteiger partial charge in [-0.2, -0.15) is 0 Å². The maximum atomic E-state index is 13.6. The quantitative estimate of drug-likeness (QED) is 0.154. The van der Waals surface area contributed by atoms with Gasteiger partial charge in [0.1, 0.15) is 11.5 Å². The number of anilines is 1. The molecule has 0 saturated carbocycles. The first-order valence-electron chi connectivity index (χ1n) is 12.2. The minimum Gasteiger partial charge on any atom is -0.507 e. The zero-order valence-electron chi connectivity index (χ0n) is 22.1. The predicted molar refractivity (Wildman–Crippen MR) is 153 cm³/mol. The lowest BCUT2D eigenvalue weighted by Crippen LogP contribution is -2.29. The Hall–Kier alpha value is -4.28. The Morgan fingerprint density at radius 3 is 2.27 bits per heavy atom. The average Bonchev–Trinajstić information content (AvgIpc) is 3.49. The van der Waals surface area contributed by atoms with Gasteiger partial charge in [-0.15, -0.1) is 0 Å². The molecule has 2 heterocycles. The number of hydrogen-bond acceptors (Lipinski definition) is 9. The van der Waals surface area contributed by atoms with Gasteiger partial charge in [0, 0.05) is 10.6 Å². The number of rotatable bonds is 8. The van der Waals surface area contributed by atoms with Gasteiger partial charge < -0.3 is 24.1 Å². The van der Waals surface area contributed by atoms with Crippen molar-refractivity contribution in [2.75, 3.05) is 32.8 Å². The summed E-state index contributed by atoms with van der Waals surface area (Å²) in [6, 6.07) is 14.0. The maximum absolute atomic E-state index is 13.6. The van der Waals surface area contributed by atoms with E-state index in [1.165, 1.54) is 37.6 Å². The van der Waals surface area contributed by atoms with Crippen molar-refractivity contribution in [1.29, 1.82) is 0 Å². The second kappa shape index (κ2) is 11.1. The van der Waals surface area contributed by atoms with E-state index < -0.39 is 17.7 Å². The van der Waals surface area contributed by atoms with E-state index in [4.69, 9.17) is 30.5 Å². The van der Waals surface area contributed by atoms with E-state index >= 15 is 0 Å². The lowest BCUT2D eigenvalue weighted by molar-refractivity contribution is -0.132. The molecule has 0 radical (unpaired) electrons. The van der Waals surface area contributed by atoms with Crippen LogP contribution in [0.2, 0.25) is 5.02 Å². The molecule has 4 aromatic rings. The number of amides is 1. The molecule has 0 bridgehead atoms. The Kier molecular flexibility index (Phi) is 7.55. The number of halogens is 1. The molecule has 11 heteroatoms. The molecule has 1 fully saturated rings. The molecule has 206 valence electrons. The number of aromatic nitrogens is 1. The number of nitrogens with zero attached hydrogens (tertiary/aromatic N) is 2. The van der Waals surface area contributed by atoms with E-state index in [1.807, 2.05) is 13.0 Å². The van der Waals surface area contributed by atoms with E-state index in [0.717, 1.165) is 4.70 Å². The van der Waals surface area contributed by atoms with Crippen LogP contribution < -0.4 is 23.8 Å². The number of benzene rings is 3. The lowest BCUT2D eigenvalue weighted by Gasteiger charge is -2.24. The molecule has 1 aromatic heterocycles. The smallest absolute Gasteiger partial charge is 0.301 e. The molecule has 0 aliphatic carbocycles. The van der Waals surface area contributed by atoms with Crippen molar-refractivity contribution in [3.63, 3.8) is 0 Å². The van der Waals surface area contributed by atoms with Gasteiger partial charge >= 0.3 is 5.91 Å². The predicted octanol–water partition coefficient (Wildman–Crippen LogP) is 6.00. The van der Waals surface area contributed by atoms with Gasteiger partial charge in [0.15, 0.2) is 16.6 Å². The molecule has 1 aliphatic rings. The maximum Gasteiger partial charge on any atom is 0.301 e. The number of ether oxygens (including phenoxy) is 4. The van der Waals surface area contributed by atoms with Crippen LogP contribution in [0, 0.1) is 0 Å². The molecule has 1 amide bonds. The molecule has 40 heavy (non-hydrogen) atoms. The van der Waals surface area contributed by atoms with Gasteiger partial charge in [0.25, 0.3) is 5.78 Å². The summed E-state index contributed by atoms with van der Waals surface area (Å²) in [5, 5.41) is 12.1. The molecular formula is C29H25ClN2O7S. The van der Waals surface area contributed by atoms with Crippen LogP contribution in [-0.4, -0.2) is 49.7 Å². The summed E-state index contributed by atoms with van der Waals surface area (Å²) in [6.45, 7) is 2.39. The number of methoxy groups -OCH3 is 3. The first kappa shape index (κ1) is 27.3. The van der Waals surface area contributed by atoms with Gasteiger partial charge in [-0.1, -0.05) is 22.9 Å².